The van der Waals surface area contributed by atoms with E-state index in [0.29, 0.717) is 17.2 Å². The van der Waals surface area contributed by atoms with Gasteiger partial charge in [0.25, 0.3) is 0 Å². The molecule has 1 aromatic carbocycles. The minimum Gasteiger partial charge on any atom is -0.302 e. The van der Waals surface area contributed by atoms with Crippen molar-refractivity contribution in [2.24, 2.45) is 5.92 Å². The molecule has 3 nitrogen and oxygen atoms in total. The summed E-state index contributed by atoms with van der Waals surface area (Å²) in [7, 11) is 0. The molecule has 2 aromatic rings. The Morgan fingerprint density at radius 2 is 2.21 bits per heavy atom. The molecule has 0 spiro atoms. The average molecular weight is 359 g/mol. The average Bonchev–Trinajstić information content (AvgIpc) is 3.17. The highest BCUT2D eigenvalue weighted by atomic mass is 32.2. The molecule has 4 rings (SSSR count). The molecule has 1 unspecified atom stereocenters. The summed E-state index contributed by atoms with van der Waals surface area (Å²) in [5, 5.41) is 1.02. The van der Waals surface area contributed by atoms with Crippen LogP contribution in [0.4, 0.5) is 4.39 Å². The molecule has 0 amide bonds. The Morgan fingerprint density at radius 1 is 1.29 bits per heavy atom. The van der Waals surface area contributed by atoms with Gasteiger partial charge in [0.2, 0.25) is 0 Å². The number of rotatable bonds is 3. The Bertz CT molecular complexity index is 780. The number of hydrogen-bond donors (Lipinski definition) is 0. The monoisotopic (exact) mass is 359 g/mol. The Hall–Kier alpha value is -1.42. The molecule has 0 aliphatic carbocycles. The molecule has 2 aliphatic rings. The van der Waals surface area contributed by atoms with Gasteiger partial charge in [-0.1, -0.05) is 35.7 Å². The third-order valence-corrected chi connectivity index (χ3v) is 6.30. The molecule has 3 heterocycles. The first-order valence-corrected chi connectivity index (χ1v) is 9.94. The van der Waals surface area contributed by atoms with Gasteiger partial charge in [-0.2, -0.15) is 8.75 Å². The van der Waals surface area contributed by atoms with E-state index in [0.717, 1.165) is 23.2 Å². The third kappa shape index (κ3) is 3.34. The standard InChI is InChI=1S/C18H18FN3S2/c19-16-8-2-1-5-13(16)7-4-10-23-18-17(20-24-21-18)15-12-22-9-3-6-14(15)11-22/h1-2,5,8,14-15H,3,6,9-12H2/t14-,15+/m0/s1. The Kier molecular flexibility index (Phi) is 4.83. The number of thioether (sulfide) groups is 1. The number of piperidine rings is 1. The molecular weight excluding hydrogens is 341 g/mol. The molecule has 0 N–H and O–H groups in total. The molecule has 2 bridgehead atoms. The summed E-state index contributed by atoms with van der Waals surface area (Å²) in [6, 6.07) is 6.62. The van der Waals surface area contributed by atoms with Crippen LogP contribution in [0.1, 0.15) is 30.0 Å². The van der Waals surface area contributed by atoms with Gasteiger partial charge in [0.05, 0.1) is 28.7 Å². The quantitative estimate of drug-likeness (QED) is 0.618. The zero-order valence-corrected chi connectivity index (χ0v) is 14.9. The number of nitrogens with zero attached hydrogens (tertiary/aromatic N) is 3. The molecule has 1 aromatic heterocycles. The van der Waals surface area contributed by atoms with Crippen LogP contribution in [0.3, 0.4) is 0 Å². The van der Waals surface area contributed by atoms with Gasteiger partial charge >= 0.3 is 0 Å². The van der Waals surface area contributed by atoms with Crippen LogP contribution >= 0.6 is 23.5 Å². The minimum absolute atomic E-state index is 0.265. The highest BCUT2D eigenvalue weighted by Gasteiger charge is 2.38. The fraction of sp³-hybridized carbons (Fsp3) is 0.444. The van der Waals surface area contributed by atoms with E-state index in [1.807, 2.05) is 0 Å². The van der Waals surface area contributed by atoms with Gasteiger partial charge in [-0.15, -0.1) is 0 Å². The van der Waals surface area contributed by atoms with Crippen molar-refractivity contribution in [2.45, 2.75) is 23.8 Å². The van der Waals surface area contributed by atoms with Crippen molar-refractivity contribution >= 4 is 23.5 Å². The van der Waals surface area contributed by atoms with Crippen LogP contribution in [0, 0.1) is 23.6 Å². The molecular formula is C18H18FN3S2. The Balaban J connectivity index is 1.42. The van der Waals surface area contributed by atoms with Gasteiger partial charge in [-0.05, 0) is 37.4 Å². The fourth-order valence-electron chi connectivity index (χ4n) is 3.63. The largest absolute Gasteiger partial charge is 0.302 e. The molecule has 2 saturated heterocycles. The van der Waals surface area contributed by atoms with Crippen molar-refractivity contribution in [1.29, 1.82) is 0 Å². The number of halogens is 1. The Labute approximate surface area is 150 Å². The molecule has 2 fully saturated rings. The van der Waals surface area contributed by atoms with Crippen molar-refractivity contribution in [3.63, 3.8) is 0 Å². The van der Waals surface area contributed by atoms with E-state index in [2.05, 4.69) is 25.5 Å². The van der Waals surface area contributed by atoms with Gasteiger partial charge in [0.15, 0.2) is 0 Å². The maximum atomic E-state index is 13.5. The minimum atomic E-state index is -0.265. The van der Waals surface area contributed by atoms with E-state index in [-0.39, 0.29) is 5.82 Å². The smallest absolute Gasteiger partial charge is 0.138 e. The second-order valence-corrected chi connectivity index (χ2v) is 7.79. The lowest BCUT2D eigenvalue weighted by molar-refractivity contribution is 0.269. The van der Waals surface area contributed by atoms with Crippen molar-refractivity contribution in [2.75, 3.05) is 25.4 Å². The summed E-state index contributed by atoms with van der Waals surface area (Å²) in [6.07, 6.45) is 2.60. The highest BCUT2D eigenvalue weighted by molar-refractivity contribution is 7.99. The van der Waals surface area contributed by atoms with Crippen LogP contribution < -0.4 is 0 Å². The first-order valence-electron chi connectivity index (χ1n) is 8.22. The zero-order valence-electron chi connectivity index (χ0n) is 13.2. The van der Waals surface area contributed by atoms with Crippen molar-refractivity contribution < 1.29 is 4.39 Å². The first kappa shape index (κ1) is 16.1. The van der Waals surface area contributed by atoms with Crippen LogP contribution in [0.2, 0.25) is 0 Å². The second-order valence-electron chi connectivity index (χ2n) is 6.29. The summed E-state index contributed by atoms with van der Waals surface area (Å²) in [5.41, 5.74) is 1.61. The van der Waals surface area contributed by atoms with Gasteiger partial charge in [-0.25, -0.2) is 4.39 Å². The molecule has 24 heavy (non-hydrogen) atoms. The Morgan fingerprint density at radius 3 is 3.08 bits per heavy atom. The van der Waals surface area contributed by atoms with Gasteiger partial charge in [0.1, 0.15) is 10.8 Å². The van der Waals surface area contributed by atoms with Crippen molar-refractivity contribution in [3.8, 4) is 11.8 Å². The molecule has 2 aliphatic heterocycles. The van der Waals surface area contributed by atoms with Crippen molar-refractivity contribution in [3.05, 3.63) is 41.3 Å². The zero-order chi connectivity index (χ0) is 16.4. The van der Waals surface area contributed by atoms with Crippen molar-refractivity contribution in [1.82, 2.24) is 13.6 Å². The fourth-order valence-corrected chi connectivity index (χ4v) is 5.15. The number of hydrogen-bond acceptors (Lipinski definition) is 5. The normalized spacial score (nSPS) is 25.3. The molecule has 0 saturated carbocycles. The number of fused-ring (bicyclic) bond motifs is 2. The number of aromatic nitrogens is 2. The number of benzene rings is 1. The SMILES string of the molecule is Fc1ccccc1C#CCSc1nsnc1[C@@H]1CN2CCC[C@H]1C2. The van der Waals surface area contributed by atoms with Crippen LogP contribution in [-0.4, -0.2) is 39.0 Å². The van der Waals surface area contributed by atoms with Gasteiger partial charge in [0, 0.05) is 19.0 Å². The predicted molar refractivity (Wildman–Crippen MR) is 95.8 cm³/mol. The van der Waals surface area contributed by atoms with E-state index >= 15 is 0 Å². The second kappa shape index (κ2) is 7.22. The van der Waals surface area contributed by atoms with E-state index in [1.54, 1.807) is 30.0 Å². The first-order chi connectivity index (χ1) is 11.8. The summed E-state index contributed by atoms with van der Waals surface area (Å²) in [6.45, 7) is 3.55. The summed E-state index contributed by atoms with van der Waals surface area (Å²) in [5.74, 6) is 7.54. The van der Waals surface area contributed by atoms with E-state index in [9.17, 15) is 4.39 Å². The molecule has 6 heteroatoms. The lowest BCUT2D eigenvalue weighted by Crippen LogP contribution is -2.25. The van der Waals surface area contributed by atoms with E-state index in [4.69, 9.17) is 0 Å². The molecule has 3 atom stereocenters. The van der Waals surface area contributed by atoms with Gasteiger partial charge < -0.3 is 4.90 Å². The predicted octanol–water partition coefficient (Wildman–Crippen LogP) is 3.63. The summed E-state index contributed by atoms with van der Waals surface area (Å²) < 4.78 is 22.6. The maximum absolute atomic E-state index is 13.5. The molecule has 0 radical (unpaired) electrons. The van der Waals surface area contributed by atoms with Crippen LogP contribution in [0.25, 0.3) is 0 Å². The third-order valence-electron chi connectivity index (χ3n) is 4.78. The van der Waals surface area contributed by atoms with E-state index in [1.165, 1.54) is 43.7 Å². The molecule has 124 valence electrons. The topological polar surface area (TPSA) is 29.0 Å². The van der Waals surface area contributed by atoms with Gasteiger partial charge in [-0.3, -0.25) is 0 Å². The summed E-state index contributed by atoms with van der Waals surface area (Å²) >= 11 is 2.92. The maximum Gasteiger partial charge on any atom is 0.138 e. The van der Waals surface area contributed by atoms with Crippen LogP contribution in [-0.2, 0) is 0 Å². The highest BCUT2D eigenvalue weighted by Crippen LogP contribution is 2.41. The lowest BCUT2D eigenvalue weighted by Gasteiger charge is -2.21. The van der Waals surface area contributed by atoms with E-state index < -0.39 is 0 Å². The van der Waals surface area contributed by atoms with Crippen LogP contribution in [0.5, 0.6) is 0 Å². The van der Waals surface area contributed by atoms with Crippen LogP contribution in [0.15, 0.2) is 29.3 Å². The lowest BCUT2D eigenvalue weighted by atomic mass is 9.89. The summed E-state index contributed by atoms with van der Waals surface area (Å²) in [4.78, 5) is 2.55.